The Kier molecular flexibility index (Phi) is 4.49. The molecule has 0 saturated carbocycles. The molecule has 2 amide bonds. The molecule has 0 aliphatic heterocycles. The zero-order valence-corrected chi connectivity index (χ0v) is 13.4. The number of benzene rings is 2. The fraction of sp³-hybridized carbons (Fsp3) is 0.0556. The number of rotatable bonds is 3. The standard InChI is InChI=1S/C18H12F2N2O4/c1-9(23)21-14-7-12(19)13(20)8-15(14)22-17(24)11-6-10-4-2-3-5-16(10)26-18(11)25/h2-8H,1H3,(H,21,23)(H,22,24). The van der Waals surface area contributed by atoms with Crippen molar-refractivity contribution in [2.45, 2.75) is 6.92 Å². The van der Waals surface area contributed by atoms with Gasteiger partial charge in [-0.05, 0) is 12.1 Å². The normalized spacial score (nSPS) is 10.6. The minimum atomic E-state index is -1.22. The predicted octanol–water partition coefficient (Wildman–Crippen LogP) is 3.28. The number of hydrogen-bond acceptors (Lipinski definition) is 4. The third kappa shape index (κ3) is 3.44. The smallest absolute Gasteiger partial charge is 0.349 e. The molecule has 1 heterocycles. The van der Waals surface area contributed by atoms with Gasteiger partial charge in [0.05, 0.1) is 11.4 Å². The first kappa shape index (κ1) is 17.3. The summed E-state index contributed by atoms with van der Waals surface area (Å²) in [4.78, 5) is 35.6. The first-order chi connectivity index (χ1) is 12.3. The number of fused-ring (bicyclic) bond motifs is 1. The van der Waals surface area contributed by atoms with Crippen LogP contribution < -0.4 is 16.3 Å². The quantitative estimate of drug-likeness (QED) is 0.703. The summed E-state index contributed by atoms with van der Waals surface area (Å²) in [6, 6.07) is 9.36. The van der Waals surface area contributed by atoms with Gasteiger partial charge in [0.1, 0.15) is 11.1 Å². The van der Waals surface area contributed by atoms with Gasteiger partial charge in [-0.3, -0.25) is 9.59 Å². The molecule has 0 aliphatic rings. The van der Waals surface area contributed by atoms with E-state index in [1.165, 1.54) is 13.0 Å². The van der Waals surface area contributed by atoms with Crippen LogP contribution in [0.25, 0.3) is 11.0 Å². The molecule has 2 aromatic carbocycles. The summed E-state index contributed by atoms with van der Waals surface area (Å²) in [6.45, 7) is 1.17. The lowest BCUT2D eigenvalue weighted by molar-refractivity contribution is -0.114. The molecule has 0 fully saturated rings. The predicted molar refractivity (Wildman–Crippen MR) is 91.1 cm³/mol. The Morgan fingerprint density at radius 1 is 0.962 bits per heavy atom. The van der Waals surface area contributed by atoms with Gasteiger partial charge in [-0.2, -0.15) is 0 Å². The van der Waals surface area contributed by atoms with E-state index in [0.717, 1.165) is 6.07 Å². The highest BCUT2D eigenvalue weighted by molar-refractivity contribution is 6.08. The first-order valence-corrected chi connectivity index (χ1v) is 7.46. The molecule has 26 heavy (non-hydrogen) atoms. The number of hydrogen-bond donors (Lipinski definition) is 2. The summed E-state index contributed by atoms with van der Waals surface area (Å²) in [5.41, 5.74) is -1.24. The Morgan fingerprint density at radius 3 is 2.23 bits per heavy atom. The highest BCUT2D eigenvalue weighted by Gasteiger charge is 2.18. The third-order valence-corrected chi connectivity index (χ3v) is 3.51. The van der Waals surface area contributed by atoms with Gasteiger partial charge in [0.25, 0.3) is 5.91 Å². The lowest BCUT2D eigenvalue weighted by Crippen LogP contribution is -2.22. The van der Waals surface area contributed by atoms with Crippen molar-refractivity contribution in [3.8, 4) is 0 Å². The summed E-state index contributed by atoms with van der Waals surface area (Å²) in [5.74, 6) is -3.85. The SMILES string of the molecule is CC(=O)Nc1cc(F)c(F)cc1NC(=O)c1cc2ccccc2oc1=O. The molecule has 6 nitrogen and oxygen atoms in total. The molecule has 132 valence electrons. The van der Waals surface area contributed by atoms with Gasteiger partial charge in [0, 0.05) is 24.4 Å². The fourth-order valence-electron chi connectivity index (χ4n) is 2.35. The maximum absolute atomic E-state index is 13.5. The van der Waals surface area contributed by atoms with Crippen LogP contribution in [-0.4, -0.2) is 11.8 Å². The maximum atomic E-state index is 13.5. The molecule has 2 N–H and O–H groups in total. The van der Waals surface area contributed by atoms with Gasteiger partial charge in [0.2, 0.25) is 5.91 Å². The van der Waals surface area contributed by atoms with Crippen LogP contribution in [0.5, 0.6) is 0 Å². The van der Waals surface area contributed by atoms with Crippen LogP contribution >= 0.6 is 0 Å². The number of amides is 2. The molecule has 8 heteroatoms. The van der Waals surface area contributed by atoms with E-state index in [2.05, 4.69) is 10.6 Å². The highest BCUT2D eigenvalue weighted by Crippen LogP contribution is 2.26. The Balaban J connectivity index is 2.00. The molecule has 0 atom stereocenters. The Hall–Kier alpha value is -3.55. The summed E-state index contributed by atoms with van der Waals surface area (Å²) in [5, 5.41) is 5.08. The summed E-state index contributed by atoms with van der Waals surface area (Å²) < 4.78 is 32.0. The van der Waals surface area contributed by atoms with E-state index in [1.54, 1.807) is 24.3 Å². The Morgan fingerprint density at radius 2 is 1.58 bits per heavy atom. The van der Waals surface area contributed by atoms with Crippen molar-refractivity contribution >= 4 is 34.2 Å². The van der Waals surface area contributed by atoms with Crippen LogP contribution in [0.1, 0.15) is 17.3 Å². The third-order valence-electron chi connectivity index (χ3n) is 3.51. The molecule has 0 saturated heterocycles. The summed E-state index contributed by atoms with van der Waals surface area (Å²) >= 11 is 0. The van der Waals surface area contributed by atoms with E-state index in [-0.39, 0.29) is 16.9 Å². The van der Waals surface area contributed by atoms with Crippen molar-refractivity contribution in [3.63, 3.8) is 0 Å². The van der Waals surface area contributed by atoms with Gasteiger partial charge < -0.3 is 15.1 Å². The maximum Gasteiger partial charge on any atom is 0.349 e. The van der Waals surface area contributed by atoms with E-state index in [1.807, 2.05) is 0 Å². The van der Waals surface area contributed by atoms with Crippen LogP contribution in [0.4, 0.5) is 20.2 Å². The Labute approximate surface area is 145 Å². The molecule has 0 aliphatic carbocycles. The summed E-state index contributed by atoms with van der Waals surface area (Å²) in [7, 11) is 0. The molecule has 1 aromatic heterocycles. The number of carbonyl (C=O) groups is 2. The van der Waals surface area contributed by atoms with Gasteiger partial charge >= 0.3 is 5.63 Å². The number of nitrogens with one attached hydrogen (secondary N) is 2. The monoisotopic (exact) mass is 358 g/mol. The van der Waals surface area contributed by atoms with Crippen molar-refractivity contribution in [2.24, 2.45) is 0 Å². The molecular weight excluding hydrogens is 346 g/mol. The van der Waals surface area contributed by atoms with Crippen LogP contribution in [-0.2, 0) is 4.79 Å². The van der Waals surface area contributed by atoms with E-state index in [0.29, 0.717) is 17.0 Å². The number of anilines is 2. The largest absolute Gasteiger partial charge is 0.422 e. The van der Waals surface area contributed by atoms with Crippen molar-refractivity contribution in [1.29, 1.82) is 0 Å². The van der Waals surface area contributed by atoms with Crippen molar-refractivity contribution in [3.05, 3.63) is 70.1 Å². The molecule has 0 bridgehead atoms. The average Bonchev–Trinajstić information content (AvgIpc) is 2.58. The van der Waals surface area contributed by atoms with E-state index < -0.39 is 29.1 Å². The molecule has 0 spiro atoms. The van der Waals surface area contributed by atoms with Crippen LogP contribution in [0, 0.1) is 11.6 Å². The number of para-hydroxylation sites is 1. The van der Waals surface area contributed by atoms with Crippen LogP contribution in [0.2, 0.25) is 0 Å². The molecule has 3 aromatic rings. The molecule has 3 rings (SSSR count). The first-order valence-electron chi connectivity index (χ1n) is 7.46. The van der Waals surface area contributed by atoms with Crippen LogP contribution in [0.3, 0.4) is 0 Å². The lowest BCUT2D eigenvalue weighted by Gasteiger charge is -2.12. The van der Waals surface area contributed by atoms with Gasteiger partial charge in [-0.15, -0.1) is 0 Å². The number of halogens is 2. The molecular formula is C18H12F2N2O4. The van der Waals surface area contributed by atoms with E-state index >= 15 is 0 Å². The second kappa shape index (κ2) is 6.75. The topological polar surface area (TPSA) is 88.4 Å². The second-order valence-corrected chi connectivity index (χ2v) is 5.43. The van der Waals surface area contributed by atoms with E-state index in [9.17, 15) is 23.2 Å². The van der Waals surface area contributed by atoms with Crippen molar-refractivity contribution in [1.82, 2.24) is 0 Å². The fourth-order valence-corrected chi connectivity index (χ4v) is 2.35. The minimum absolute atomic E-state index is 0.144. The van der Waals surface area contributed by atoms with Crippen molar-refractivity contribution in [2.75, 3.05) is 10.6 Å². The lowest BCUT2D eigenvalue weighted by atomic mass is 10.1. The number of carbonyl (C=O) groups excluding carboxylic acids is 2. The van der Waals surface area contributed by atoms with Crippen molar-refractivity contribution < 1.29 is 22.8 Å². The van der Waals surface area contributed by atoms with Crippen LogP contribution in [0.15, 0.2) is 51.7 Å². The second-order valence-electron chi connectivity index (χ2n) is 5.43. The average molecular weight is 358 g/mol. The Bertz CT molecular complexity index is 1090. The zero-order chi connectivity index (χ0) is 18.8. The molecule has 0 radical (unpaired) electrons. The molecule has 0 unspecified atom stereocenters. The zero-order valence-electron chi connectivity index (χ0n) is 13.4. The van der Waals surface area contributed by atoms with Gasteiger partial charge in [0.15, 0.2) is 11.6 Å². The summed E-state index contributed by atoms with van der Waals surface area (Å²) in [6.07, 6.45) is 0. The highest BCUT2D eigenvalue weighted by atomic mass is 19.2. The van der Waals surface area contributed by atoms with E-state index in [4.69, 9.17) is 4.42 Å². The minimum Gasteiger partial charge on any atom is -0.422 e. The van der Waals surface area contributed by atoms with Gasteiger partial charge in [-0.1, -0.05) is 18.2 Å². The van der Waals surface area contributed by atoms with Gasteiger partial charge in [-0.25, -0.2) is 13.6 Å².